The van der Waals surface area contributed by atoms with Crippen molar-refractivity contribution in [3.05, 3.63) is 16.4 Å². The van der Waals surface area contributed by atoms with Crippen LogP contribution >= 0.6 is 23.2 Å². The zero-order valence-electron chi connectivity index (χ0n) is 7.67. The standard InChI is InChI=1S/C8H10Cl2N4/c1-14(5-3-11-4-5)6-2-7(9)12-13-8(6)10/h2,5,11H,3-4H2,1H3. The Kier molecular flexibility index (Phi) is 2.76. The van der Waals surface area contributed by atoms with Gasteiger partial charge in [-0.3, -0.25) is 0 Å². The quantitative estimate of drug-likeness (QED) is 0.833. The second-order valence-corrected chi connectivity index (χ2v) is 4.01. The summed E-state index contributed by atoms with van der Waals surface area (Å²) in [4.78, 5) is 2.07. The molecular formula is C8H10Cl2N4. The van der Waals surface area contributed by atoms with Crippen LogP contribution in [-0.2, 0) is 0 Å². The molecule has 1 N–H and O–H groups in total. The Balaban J connectivity index is 2.24. The summed E-state index contributed by atoms with van der Waals surface area (Å²) in [6.45, 7) is 1.93. The minimum Gasteiger partial charge on any atom is -0.366 e. The van der Waals surface area contributed by atoms with E-state index in [2.05, 4.69) is 20.4 Å². The van der Waals surface area contributed by atoms with E-state index < -0.39 is 0 Å². The van der Waals surface area contributed by atoms with Crippen molar-refractivity contribution in [2.45, 2.75) is 6.04 Å². The van der Waals surface area contributed by atoms with Gasteiger partial charge >= 0.3 is 0 Å². The van der Waals surface area contributed by atoms with Crippen LogP contribution in [0.25, 0.3) is 0 Å². The predicted octanol–water partition coefficient (Wildman–Crippen LogP) is 1.19. The minimum absolute atomic E-state index is 0.364. The third-order valence-corrected chi connectivity index (χ3v) is 2.84. The summed E-state index contributed by atoms with van der Waals surface area (Å²) < 4.78 is 0. The molecular weight excluding hydrogens is 223 g/mol. The van der Waals surface area contributed by atoms with E-state index in [1.165, 1.54) is 0 Å². The van der Waals surface area contributed by atoms with E-state index in [0.717, 1.165) is 18.8 Å². The van der Waals surface area contributed by atoms with Gasteiger partial charge in [-0.1, -0.05) is 23.2 Å². The van der Waals surface area contributed by atoms with Gasteiger partial charge in [0.1, 0.15) is 0 Å². The van der Waals surface area contributed by atoms with E-state index in [1.807, 2.05) is 7.05 Å². The molecule has 0 bridgehead atoms. The van der Waals surface area contributed by atoms with Gasteiger partial charge in [0.05, 0.1) is 11.7 Å². The van der Waals surface area contributed by atoms with Crippen molar-refractivity contribution in [3.63, 3.8) is 0 Å². The molecule has 0 saturated carbocycles. The number of nitrogens with zero attached hydrogens (tertiary/aromatic N) is 3. The fourth-order valence-electron chi connectivity index (χ4n) is 1.34. The highest BCUT2D eigenvalue weighted by atomic mass is 35.5. The topological polar surface area (TPSA) is 41.1 Å². The summed E-state index contributed by atoms with van der Waals surface area (Å²) in [5, 5.41) is 11.4. The highest BCUT2D eigenvalue weighted by Crippen LogP contribution is 2.26. The van der Waals surface area contributed by atoms with Crippen LogP contribution in [0.15, 0.2) is 6.07 Å². The van der Waals surface area contributed by atoms with Crippen molar-refractivity contribution in [1.82, 2.24) is 15.5 Å². The Bertz CT molecular complexity index is 340. The molecule has 1 aromatic rings. The SMILES string of the molecule is CN(c1cc(Cl)nnc1Cl)C1CNC1. The lowest BCUT2D eigenvalue weighted by atomic mass is 10.1. The van der Waals surface area contributed by atoms with Crippen LogP contribution in [0.2, 0.25) is 10.3 Å². The Morgan fingerprint density at radius 2 is 2.14 bits per heavy atom. The molecule has 0 aromatic carbocycles. The number of rotatable bonds is 2. The maximum Gasteiger partial charge on any atom is 0.175 e. The van der Waals surface area contributed by atoms with Crippen LogP contribution in [0.1, 0.15) is 0 Å². The van der Waals surface area contributed by atoms with Gasteiger partial charge in [-0.15, -0.1) is 10.2 Å². The third kappa shape index (κ3) is 1.78. The summed E-state index contributed by atoms with van der Waals surface area (Å²) >= 11 is 11.7. The van der Waals surface area contributed by atoms with E-state index in [1.54, 1.807) is 6.07 Å². The Morgan fingerprint density at radius 1 is 1.43 bits per heavy atom. The van der Waals surface area contributed by atoms with Gasteiger partial charge in [-0.05, 0) is 0 Å². The molecule has 1 aliphatic rings. The Labute approximate surface area is 92.2 Å². The highest BCUT2D eigenvalue weighted by molar-refractivity contribution is 6.33. The van der Waals surface area contributed by atoms with Crippen molar-refractivity contribution < 1.29 is 0 Å². The van der Waals surface area contributed by atoms with Crippen LogP contribution in [0.5, 0.6) is 0 Å². The van der Waals surface area contributed by atoms with E-state index in [0.29, 0.717) is 16.3 Å². The number of nitrogens with one attached hydrogen (secondary N) is 1. The number of halogens is 2. The smallest absolute Gasteiger partial charge is 0.175 e. The lowest BCUT2D eigenvalue weighted by Crippen LogP contribution is -2.56. The number of aromatic nitrogens is 2. The number of likely N-dealkylation sites (N-methyl/N-ethyl adjacent to an activating group) is 1. The first-order valence-electron chi connectivity index (χ1n) is 4.31. The first-order valence-corrected chi connectivity index (χ1v) is 5.06. The first-order chi connectivity index (χ1) is 6.68. The normalized spacial score (nSPS) is 16.5. The molecule has 0 aliphatic carbocycles. The molecule has 0 radical (unpaired) electrons. The van der Waals surface area contributed by atoms with Gasteiger partial charge in [-0.2, -0.15) is 0 Å². The third-order valence-electron chi connectivity index (χ3n) is 2.39. The molecule has 1 fully saturated rings. The van der Waals surface area contributed by atoms with Gasteiger partial charge in [0.25, 0.3) is 0 Å². The second-order valence-electron chi connectivity index (χ2n) is 3.27. The zero-order valence-corrected chi connectivity index (χ0v) is 9.18. The van der Waals surface area contributed by atoms with Crippen LogP contribution in [0, 0.1) is 0 Å². The average molecular weight is 233 g/mol. The lowest BCUT2D eigenvalue weighted by molar-refractivity contribution is 0.428. The molecule has 4 nitrogen and oxygen atoms in total. The van der Waals surface area contributed by atoms with Gasteiger partial charge in [0.2, 0.25) is 0 Å². The number of anilines is 1. The number of hydrogen-bond donors (Lipinski definition) is 1. The van der Waals surface area contributed by atoms with Crippen molar-refractivity contribution in [2.24, 2.45) is 0 Å². The van der Waals surface area contributed by atoms with E-state index in [-0.39, 0.29) is 0 Å². The number of hydrogen-bond acceptors (Lipinski definition) is 4. The van der Waals surface area contributed by atoms with Gasteiger partial charge in [0, 0.05) is 26.2 Å². The van der Waals surface area contributed by atoms with Crippen molar-refractivity contribution >= 4 is 28.9 Å². The Morgan fingerprint density at radius 3 is 2.71 bits per heavy atom. The lowest BCUT2D eigenvalue weighted by Gasteiger charge is -2.37. The molecule has 76 valence electrons. The summed E-state index contributed by atoms with van der Waals surface area (Å²) in [5.41, 5.74) is 0.832. The maximum absolute atomic E-state index is 5.92. The largest absolute Gasteiger partial charge is 0.366 e. The zero-order chi connectivity index (χ0) is 10.1. The minimum atomic E-state index is 0.364. The summed E-state index contributed by atoms with van der Waals surface area (Å²) in [5.74, 6) is 0. The fourth-order valence-corrected chi connectivity index (χ4v) is 1.70. The average Bonchev–Trinajstić information content (AvgIpc) is 2.06. The molecule has 14 heavy (non-hydrogen) atoms. The van der Waals surface area contributed by atoms with Crippen molar-refractivity contribution in [3.8, 4) is 0 Å². The Hall–Kier alpha value is -0.580. The van der Waals surface area contributed by atoms with Crippen LogP contribution in [0.4, 0.5) is 5.69 Å². The molecule has 2 rings (SSSR count). The van der Waals surface area contributed by atoms with Gasteiger partial charge < -0.3 is 10.2 Å². The highest BCUT2D eigenvalue weighted by Gasteiger charge is 2.23. The summed E-state index contributed by atoms with van der Waals surface area (Å²) in [6.07, 6.45) is 0. The van der Waals surface area contributed by atoms with Crippen LogP contribution < -0.4 is 10.2 Å². The monoisotopic (exact) mass is 232 g/mol. The van der Waals surface area contributed by atoms with E-state index in [4.69, 9.17) is 23.2 Å². The van der Waals surface area contributed by atoms with Crippen LogP contribution in [-0.4, -0.2) is 36.4 Å². The van der Waals surface area contributed by atoms with E-state index >= 15 is 0 Å². The maximum atomic E-state index is 5.92. The molecule has 2 heterocycles. The summed E-state index contributed by atoms with van der Waals surface area (Å²) in [7, 11) is 1.98. The molecule has 1 saturated heterocycles. The van der Waals surface area contributed by atoms with Gasteiger partial charge in [-0.25, -0.2) is 0 Å². The van der Waals surface area contributed by atoms with Gasteiger partial charge in [0.15, 0.2) is 10.3 Å². The molecule has 6 heteroatoms. The predicted molar refractivity (Wildman–Crippen MR) is 57.1 cm³/mol. The first kappa shape index (κ1) is 9.96. The van der Waals surface area contributed by atoms with E-state index in [9.17, 15) is 0 Å². The van der Waals surface area contributed by atoms with Crippen molar-refractivity contribution in [2.75, 3.05) is 25.0 Å². The molecule has 1 aromatic heterocycles. The summed E-state index contributed by atoms with van der Waals surface area (Å²) in [6, 6.07) is 2.20. The molecule has 1 aliphatic heterocycles. The molecule has 0 atom stereocenters. The second kappa shape index (κ2) is 3.88. The molecule has 0 unspecified atom stereocenters. The van der Waals surface area contributed by atoms with Crippen molar-refractivity contribution in [1.29, 1.82) is 0 Å². The van der Waals surface area contributed by atoms with Crippen LogP contribution in [0.3, 0.4) is 0 Å². The molecule has 0 amide bonds. The molecule has 0 spiro atoms. The fraction of sp³-hybridized carbons (Fsp3) is 0.500.